The molecular formula is C13H24N2O3. The fourth-order valence-corrected chi connectivity index (χ4v) is 1.93. The minimum absolute atomic E-state index is 0.134. The van der Waals surface area contributed by atoms with Gasteiger partial charge in [0.05, 0.1) is 5.41 Å². The van der Waals surface area contributed by atoms with Crippen LogP contribution in [-0.4, -0.2) is 30.2 Å². The maximum absolute atomic E-state index is 11.6. The van der Waals surface area contributed by atoms with Crippen molar-refractivity contribution in [2.24, 2.45) is 10.8 Å². The molecule has 18 heavy (non-hydrogen) atoms. The summed E-state index contributed by atoms with van der Waals surface area (Å²) in [5, 5.41) is 14.4. The number of hydrogen-bond acceptors (Lipinski definition) is 2. The van der Waals surface area contributed by atoms with E-state index < -0.39 is 11.4 Å². The number of carbonyl (C=O) groups is 2. The molecule has 0 spiro atoms. The summed E-state index contributed by atoms with van der Waals surface area (Å²) in [5.41, 5.74) is -0.619. The molecule has 0 aromatic carbocycles. The van der Waals surface area contributed by atoms with Crippen LogP contribution in [0.4, 0.5) is 4.79 Å². The number of carboxylic acid groups (broad SMARTS) is 1. The third-order valence-electron chi connectivity index (χ3n) is 3.63. The lowest BCUT2D eigenvalue weighted by atomic mass is 9.94. The molecule has 0 aliphatic heterocycles. The highest BCUT2D eigenvalue weighted by molar-refractivity contribution is 5.77. The zero-order chi connectivity index (χ0) is 13.8. The van der Waals surface area contributed by atoms with Gasteiger partial charge in [0, 0.05) is 13.1 Å². The average Bonchev–Trinajstić information content (AvgIpc) is 3.05. The SMILES string of the molecule is CCCC1(CNC(=O)NCC(C)(C)C(=O)O)CC1. The Hall–Kier alpha value is -1.26. The van der Waals surface area contributed by atoms with Crippen molar-refractivity contribution in [3.8, 4) is 0 Å². The maximum Gasteiger partial charge on any atom is 0.314 e. The van der Waals surface area contributed by atoms with E-state index in [9.17, 15) is 9.59 Å². The Kier molecular flexibility index (Phi) is 4.59. The van der Waals surface area contributed by atoms with Gasteiger partial charge in [-0.05, 0) is 38.5 Å². The van der Waals surface area contributed by atoms with Gasteiger partial charge in [0.15, 0.2) is 0 Å². The average molecular weight is 256 g/mol. The third kappa shape index (κ3) is 4.20. The molecule has 1 fully saturated rings. The molecule has 0 unspecified atom stereocenters. The fourth-order valence-electron chi connectivity index (χ4n) is 1.93. The molecule has 5 nitrogen and oxygen atoms in total. The minimum Gasteiger partial charge on any atom is -0.481 e. The zero-order valence-corrected chi connectivity index (χ0v) is 11.5. The molecule has 3 N–H and O–H groups in total. The first-order valence-corrected chi connectivity index (χ1v) is 6.56. The van der Waals surface area contributed by atoms with E-state index in [4.69, 9.17) is 5.11 Å². The molecule has 0 aromatic rings. The van der Waals surface area contributed by atoms with Gasteiger partial charge < -0.3 is 15.7 Å². The number of urea groups is 1. The summed E-state index contributed by atoms with van der Waals surface area (Å²) in [6, 6.07) is -0.272. The summed E-state index contributed by atoms with van der Waals surface area (Å²) in [6.45, 7) is 6.16. The molecule has 0 aromatic heterocycles. The van der Waals surface area contributed by atoms with Crippen LogP contribution in [0, 0.1) is 10.8 Å². The largest absolute Gasteiger partial charge is 0.481 e. The highest BCUT2D eigenvalue weighted by Crippen LogP contribution is 2.48. The van der Waals surface area contributed by atoms with Crippen molar-refractivity contribution in [1.29, 1.82) is 0 Å². The Morgan fingerprint density at radius 3 is 2.33 bits per heavy atom. The molecule has 0 saturated heterocycles. The van der Waals surface area contributed by atoms with Gasteiger partial charge in [-0.1, -0.05) is 13.3 Å². The molecule has 0 bridgehead atoms. The van der Waals surface area contributed by atoms with Crippen LogP contribution < -0.4 is 10.6 Å². The van der Waals surface area contributed by atoms with Crippen molar-refractivity contribution >= 4 is 12.0 Å². The number of nitrogens with one attached hydrogen (secondary N) is 2. The molecular weight excluding hydrogens is 232 g/mol. The summed E-state index contributed by atoms with van der Waals surface area (Å²) in [5.74, 6) is -0.910. The van der Waals surface area contributed by atoms with Gasteiger partial charge in [-0.25, -0.2) is 4.79 Å². The van der Waals surface area contributed by atoms with Crippen LogP contribution in [0.15, 0.2) is 0 Å². The first-order chi connectivity index (χ1) is 8.31. The summed E-state index contributed by atoms with van der Waals surface area (Å²) >= 11 is 0. The summed E-state index contributed by atoms with van der Waals surface area (Å²) in [7, 11) is 0. The van der Waals surface area contributed by atoms with Gasteiger partial charge in [-0.3, -0.25) is 4.79 Å². The Bertz CT molecular complexity index is 322. The van der Waals surface area contributed by atoms with Crippen LogP contribution in [0.2, 0.25) is 0 Å². The molecule has 1 aliphatic rings. The van der Waals surface area contributed by atoms with Crippen molar-refractivity contribution in [3.05, 3.63) is 0 Å². The minimum atomic E-state index is -0.933. The zero-order valence-electron chi connectivity index (χ0n) is 11.5. The maximum atomic E-state index is 11.6. The van der Waals surface area contributed by atoms with Gasteiger partial charge >= 0.3 is 12.0 Å². The number of amides is 2. The summed E-state index contributed by atoms with van der Waals surface area (Å²) < 4.78 is 0. The standard InChI is InChI=1S/C13H24N2O3/c1-4-5-13(6-7-13)9-15-11(18)14-8-12(2,3)10(16)17/h4-9H2,1-3H3,(H,16,17)(H2,14,15,18). The molecule has 1 rings (SSSR count). The number of rotatable bonds is 7. The van der Waals surface area contributed by atoms with Crippen molar-refractivity contribution in [2.75, 3.05) is 13.1 Å². The molecule has 5 heteroatoms. The predicted octanol–water partition coefficient (Wildman–Crippen LogP) is 1.98. The van der Waals surface area contributed by atoms with Crippen LogP contribution in [0.5, 0.6) is 0 Å². The van der Waals surface area contributed by atoms with E-state index in [0.29, 0.717) is 12.0 Å². The molecule has 0 atom stereocenters. The number of hydrogen-bond donors (Lipinski definition) is 3. The van der Waals surface area contributed by atoms with Crippen LogP contribution in [0.3, 0.4) is 0 Å². The lowest BCUT2D eigenvalue weighted by Gasteiger charge is -2.20. The van der Waals surface area contributed by atoms with Gasteiger partial charge in [0.2, 0.25) is 0 Å². The Labute approximate surface area is 108 Å². The topological polar surface area (TPSA) is 78.4 Å². The number of aliphatic carboxylic acids is 1. The van der Waals surface area contributed by atoms with Crippen molar-refractivity contribution in [3.63, 3.8) is 0 Å². The first-order valence-electron chi connectivity index (χ1n) is 6.56. The lowest BCUT2D eigenvalue weighted by Crippen LogP contribution is -2.44. The Morgan fingerprint density at radius 2 is 1.89 bits per heavy atom. The third-order valence-corrected chi connectivity index (χ3v) is 3.63. The highest BCUT2D eigenvalue weighted by Gasteiger charge is 2.41. The fraction of sp³-hybridized carbons (Fsp3) is 0.846. The van der Waals surface area contributed by atoms with Gasteiger partial charge in [-0.2, -0.15) is 0 Å². The van der Waals surface area contributed by atoms with Crippen LogP contribution >= 0.6 is 0 Å². The molecule has 0 radical (unpaired) electrons. The second-order valence-corrected chi connectivity index (χ2v) is 5.98. The van der Waals surface area contributed by atoms with Gasteiger partial charge in [0.25, 0.3) is 0 Å². The normalized spacial score (nSPS) is 17.1. The molecule has 104 valence electrons. The summed E-state index contributed by atoms with van der Waals surface area (Å²) in [4.78, 5) is 22.5. The van der Waals surface area contributed by atoms with E-state index in [2.05, 4.69) is 17.6 Å². The molecule has 0 heterocycles. The van der Waals surface area contributed by atoms with Gasteiger partial charge in [0.1, 0.15) is 0 Å². The Balaban J connectivity index is 2.24. The molecule has 2 amide bonds. The lowest BCUT2D eigenvalue weighted by molar-refractivity contribution is -0.146. The summed E-state index contributed by atoms with van der Waals surface area (Å²) in [6.07, 6.45) is 4.65. The monoisotopic (exact) mass is 256 g/mol. The van der Waals surface area contributed by atoms with E-state index in [0.717, 1.165) is 12.8 Å². The first kappa shape index (κ1) is 14.8. The predicted molar refractivity (Wildman–Crippen MR) is 69.4 cm³/mol. The van der Waals surface area contributed by atoms with E-state index in [1.807, 2.05) is 0 Å². The van der Waals surface area contributed by atoms with E-state index >= 15 is 0 Å². The van der Waals surface area contributed by atoms with Crippen molar-refractivity contribution in [1.82, 2.24) is 10.6 Å². The Morgan fingerprint density at radius 1 is 1.28 bits per heavy atom. The van der Waals surface area contributed by atoms with Crippen LogP contribution in [-0.2, 0) is 4.79 Å². The second kappa shape index (κ2) is 5.59. The second-order valence-electron chi connectivity index (χ2n) is 5.98. The van der Waals surface area contributed by atoms with E-state index in [1.54, 1.807) is 13.8 Å². The smallest absolute Gasteiger partial charge is 0.314 e. The molecule has 1 aliphatic carbocycles. The molecule has 1 saturated carbocycles. The number of carboxylic acids is 1. The quantitative estimate of drug-likeness (QED) is 0.651. The van der Waals surface area contributed by atoms with Crippen LogP contribution in [0.1, 0.15) is 46.5 Å². The number of carbonyl (C=O) groups excluding carboxylic acids is 1. The van der Waals surface area contributed by atoms with Crippen LogP contribution in [0.25, 0.3) is 0 Å². The van der Waals surface area contributed by atoms with Gasteiger partial charge in [-0.15, -0.1) is 0 Å². The van der Waals surface area contributed by atoms with E-state index in [1.165, 1.54) is 12.8 Å². The van der Waals surface area contributed by atoms with Crippen molar-refractivity contribution in [2.45, 2.75) is 46.5 Å². The highest BCUT2D eigenvalue weighted by atomic mass is 16.4. The van der Waals surface area contributed by atoms with Crippen molar-refractivity contribution < 1.29 is 14.7 Å². The van der Waals surface area contributed by atoms with E-state index in [-0.39, 0.29) is 12.6 Å².